The van der Waals surface area contributed by atoms with Crippen LogP contribution in [-0.2, 0) is 6.42 Å². The topological polar surface area (TPSA) is 21.3 Å². The van der Waals surface area contributed by atoms with Crippen molar-refractivity contribution in [2.24, 2.45) is 0 Å². The molecule has 0 fully saturated rings. The van der Waals surface area contributed by atoms with Gasteiger partial charge in [0.15, 0.2) is 0 Å². The molecule has 1 unspecified atom stereocenters. The van der Waals surface area contributed by atoms with Crippen LogP contribution >= 0.6 is 0 Å². The van der Waals surface area contributed by atoms with Crippen LogP contribution in [0.25, 0.3) is 0 Å². The zero-order valence-corrected chi connectivity index (χ0v) is 12.1. The quantitative estimate of drug-likeness (QED) is 0.674. The lowest BCUT2D eigenvalue weighted by Crippen LogP contribution is -2.54. The largest absolute Gasteiger partial charge is 0.486 e. The first-order valence-corrected chi connectivity index (χ1v) is 6.95. The van der Waals surface area contributed by atoms with E-state index in [1.807, 2.05) is 13.8 Å². The third kappa shape index (κ3) is 4.33. The smallest absolute Gasteiger partial charge is 0.389 e. The Morgan fingerprint density at radius 3 is 2.71 bits per heavy atom. The molecule has 118 valence electrons. The monoisotopic (exact) mass is 305 g/mol. The Kier molecular flexibility index (Phi) is 4.46. The van der Waals surface area contributed by atoms with Crippen LogP contribution in [0.2, 0.25) is 0 Å². The van der Waals surface area contributed by atoms with Gasteiger partial charge in [0, 0.05) is 6.42 Å². The molecular weight excluding hydrogens is 286 g/mol. The van der Waals surface area contributed by atoms with Crippen molar-refractivity contribution in [3.05, 3.63) is 29.6 Å². The first kappa shape index (κ1) is 16.1. The van der Waals surface area contributed by atoms with Gasteiger partial charge in [0.2, 0.25) is 0 Å². The second kappa shape index (κ2) is 5.83. The summed E-state index contributed by atoms with van der Waals surface area (Å²) in [6.45, 7) is 4.00. The van der Waals surface area contributed by atoms with E-state index in [9.17, 15) is 17.6 Å². The molecule has 1 aliphatic heterocycles. The lowest BCUT2D eigenvalue weighted by molar-refractivity contribution is -0.135. The molecule has 0 amide bonds. The van der Waals surface area contributed by atoms with Gasteiger partial charge in [-0.05, 0) is 57.0 Å². The van der Waals surface area contributed by atoms with Crippen LogP contribution in [0, 0.1) is 5.82 Å². The maximum absolute atomic E-state index is 13.3. The lowest BCUT2D eigenvalue weighted by atomic mass is 9.88. The SMILES string of the molecule is CC1(C)Oc2ccc(F)cc2CC1NCCCC(F)(F)F. The standard InChI is InChI=1S/C15H19F4NO/c1-14(2)13(20-7-3-6-15(17,18)19)9-10-8-11(16)4-5-12(10)21-14/h4-5,8,13,20H,3,6-7,9H2,1-2H3. The van der Waals surface area contributed by atoms with Crippen molar-refractivity contribution in [1.82, 2.24) is 5.32 Å². The van der Waals surface area contributed by atoms with Gasteiger partial charge in [-0.25, -0.2) is 4.39 Å². The third-order valence-electron chi connectivity index (χ3n) is 3.69. The summed E-state index contributed by atoms with van der Waals surface area (Å²) < 4.78 is 55.4. The molecular formula is C15H19F4NO. The molecule has 21 heavy (non-hydrogen) atoms. The highest BCUT2D eigenvalue weighted by Crippen LogP contribution is 2.33. The summed E-state index contributed by atoms with van der Waals surface area (Å²) in [5.41, 5.74) is 0.186. The van der Waals surface area contributed by atoms with E-state index in [-0.39, 0.29) is 24.8 Å². The first-order valence-electron chi connectivity index (χ1n) is 6.95. The first-order chi connectivity index (χ1) is 9.67. The summed E-state index contributed by atoms with van der Waals surface area (Å²) in [4.78, 5) is 0. The zero-order chi connectivity index (χ0) is 15.7. The Bertz CT molecular complexity index is 499. The molecule has 1 aliphatic rings. The highest BCUT2D eigenvalue weighted by atomic mass is 19.4. The number of hydrogen-bond donors (Lipinski definition) is 1. The van der Waals surface area contributed by atoms with Crippen molar-refractivity contribution >= 4 is 0 Å². The Labute approximate surface area is 121 Å². The minimum Gasteiger partial charge on any atom is -0.486 e. The number of halogens is 4. The van der Waals surface area contributed by atoms with E-state index in [2.05, 4.69) is 5.32 Å². The number of fused-ring (bicyclic) bond motifs is 1. The minimum atomic E-state index is -4.13. The van der Waals surface area contributed by atoms with Crippen LogP contribution in [-0.4, -0.2) is 24.4 Å². The van der Waals surface area contributed by atoms with Crippen LogP contribution in [0.1, 0.15) is 32.3 Å². The normalized spacial score (nSPS) is 20.8. The van der Waals surface area contributed by atoms with Crippen LogP contribution in [0.5, 0.6) is 5.75 Å². The summed E-state index contributed by atoms with van der Waals surface area (Å²) in [5, 5.41) is 3.10. The molecule has 0 saturated heterocycles. The molecule has 1 atom stereocenters. The molecule has 1 heterocycles. The van der Waals surface area contributed by atoms with E-state index in [1.165, 1.54) is 12.1 Å². The number of nitrogens with one attached hydrogen (secondary N) is 1. The van der Waals surface area contributed by atoms with Gasteiger partial charge in [-0.3, -0.25) is 0 Å². The maximum Gasteiger partial charge on any atom is 0.389 e. The molecule has 1 aromatic rings. The molecule has 0 aliphatic carbocycles. The highest BCUT2D eigenvalue weighted by Gasteiger charge is 2.36. The second-order valence-electron chi connectivity index (χ2n) is 5.89. The number of ether oxygens (including phenoxy) is 1. The third-order valence-corrected chi connectivity index (χ3v) is 3.69. The van der Waals surface area contributed by atoms with Gasteiger partial charge < -0.3 is 10.1 Å². The minimum absolute atomic E-state index is 0.0199. The van der Waals surface area contributed by atoms with Gasteiger partial charge in [0.1, 0.15) is 17.2 Å². The van der Waals surface area contributed by atoms with Crippen molar-refractivity contribution in [3.63, 3.8) is 0 Å². The summed E-state index contributed by atoms with van der Waals surface area (Å²) in [6.07, 6.45) is -4.38. The van der Waals surface area contributed by atoms with Gasteiger partial charge in [0.05, 0.1) is 6.04 Å². The molecule has 2 rings (SSSR count). The second-order valence-corrected chi connectivity index (χ2v) is 5.89. The number of alkyl halides is 3. The van der Waals surface area contributed by atoms with Crippen LogP contribution in [0.4, 0.5) is 17.6 Å². The molecule has 2 nitrogen and oxygen atoms in total. The van der Waals surface area contributed by atoms with E-state index in [0.717, 1.165) is 5.56 Å². The average Bonchev–Trinajstić information content (AvgIpc) is 2.34. The summed E-state index contributed by atoms with van der Waals surface area (Å²) in [6, 6.07) is 4.19. The molecule has 1 N–H and O–H groups in total. The van der Waals surface area contributed by atoms with E-state index >= 15 is 0 Å². The fourth-order valence-corrected chi connectivity index (χ4v) is 2.51. The molecule has 0 spiro atoms. The fraction of sp³-hybridized carbons (Fsp3) is 0.600. The van der Waals surface area contributed by atoms with Crippen molar-refractivity contribution in [3.8, 4) is 5.75 Å². The molecule has 1 aromatic carbocycles. The summed E-state index contributed by atoms with van der Waals surface area (Å²) >= 11 is 0. The van der Waals surface area contributed by atoms with E-state index in [0.29, 0.717) is 12.2 Å². The van der Waals surface area contributed by atoms with Gasteiger partial charge >= 0.3 is 6.18 Å². The number of benzene rings is 1. The lowest BCUT2D eigenvalue weighted by Gasteiger charge is -2.40. The highest BCUT2D eigenvalue weighted by molar-refractivity contribution is 5.38. The van der Waals surface area contributed by atoms with Gasteiger partial charge in [-0.2, -0.15) is 13.2 Å². The Balaban J connectivity index is 1.97. The van der Waals surface area contributed by atoms with Crippen LogP contribution < -0.4 is 10.1 Å². The molecule has 0 radical (unpaired) electrons. The molecule has 0 saturated carbocycles. The van der Waals surface area contributed by atoms with E-state index in [1.54, 1.807) is 6.07 Å². The van der Waals surface area contributed by atoms with E-state index in [4.69, 9.17) is 4.74 Å². The number of hydrogen-bond acceptors (Lipinski definition) is 2. The van der Waals surface area contributed by atoms with Gasteiger partial charge in [-0.15, -0.1) is 0 Å². The van der Waals surface area contributed by atoms with Gasteiger partial charge in [0.25, 0.3) is 0 Å². The van der Waals surface area contributed by atoms with Crippen LogP contribution in [0.3, 0.4) is 0 Å². The summed E-state index contributed by atoms with van der Waals surface area (Å²) in [7, 11) is 0. The predicted molar refractivity (Wildman–Crippen MR) is 71.9 cm³/mol. The van der Waals surface area contributed by atoms with Crippen LogP contribution in [0.15, 0.2) is 18.2 Å². The van der Waals surface area contributed by atoms with Gasteiger partial charge in [-0.1, -0.05) is 0 Å². The number of rotatable bonds is 4. The van der Waals surface area contributed by atoms with E-state index < -0.39 is 18.2 Å². The Morgan fingerprint density at radius 2 is 2.05 bits per heavy atom. The molecule has 6 heteroatoms. The predicted octanol–water partition coefficient (Wildman–Crippen LogP) is 3.84. The Morgan fingerprint density at radius 1 is 1.33 bits per heavy atom. The zero-order valence-electron chi connectivity index (χ0n) is 12.1. The summed E-state index contributed by atoms with van der Waals surface area (Å²) in [5.74, 6) is 0.294. The maximum atomic E-state index is 13.3. The molecule has 0 bridgehead atoms. The fourth-order valence-electron chi connectivity index (χ4n) is 2.51. The molecule has 0 aromatic heterocycles. The van der Waals surface area contributed by atoms with Crippen molar-refractivity contribution in [2.45, 2.75) is 50.9 Å². The van der Waals surface area contributed by atoms with Crippen molar-refractivity contribution in [1.29, 1.82) is 0 Å². The van der Waals surface area contributed by atoms with Crippen molar-refractivity contribution in [2.75, 3.05) is 6.54 Å². The Hall–Kier alpha value is -1.30. The average molecular weight is 305 g/mol. The van der Waals surface area contributed by atoms with Crippen molar-refractivity contribution < 1.29 is 22.3 Å².